The van der Waals surface area contributed by atoms with E-state index in [1.807, 2.05) is 24.4 Å². The average molecular weight is 353 g/mol. The van der Waals surface area contributed by atoms with Crippen LogP contribution >= 0.6 is 11.3 Å². The van der Waals surface area contributed by atoms with Crippen molar-refractivity contribution in [3.05, 3.63) is 53.2 Å². The number of oxazole rings is 1. The summed E-state index contributed by atoms with van der Waals surface area (Å²) in [6.07, 6.45) is 3.90. The third-order valence-electron chi connectivity index (χ3n) is 4.67. The summed E-state index contributed by atoms with van der Waals surface area (Å²) in [7, 11) is 0. The normalized spacial score (nSPS) is 14.7. The van der Waals surface area contributed by atoms with Crippen LogP contribution in [-0.2, 0) is 6.54 Å². The minimum absolute atomic E-state index is 0.672. The summed E-state index contributed by atoms with van der Waals surface area (Å²) in [6.45, 7) is 4.94. The second-order valence-electron chi connectivity index (χ2n) is 6.42. The summed E-state index contributed by atoms with van der Waals surface area (Å²) in [5.74, 6) is 1.60. The Morgan fingerprint density at radius 1 is 1.12 bits per heavy atom. The summed E-state index contributed by atoms with van der Waals surface area (Å²) in [6, 6.07) is 12.6. The van der Waals surface area contributed by atoms with Crippen LogP contribution in [-0.4, -0.2) is 18.1 Å². The van der Waals surface area contributed by atoms with E-state index in [0.29, 0.717) is 12.4 Å². The molecule has 0 aliphatic carbocycles. The van der Waals surface area contributed by atoms with Crippen LogP contribution in [0.25, 0.3) is 10.8 Å². The van der Waals surface area contributed by atoms with Crippen LogP contribution in [0.3, 0.4) is 0 Å². The first kappa shape index (κ1) is 16.2. The lowest BCUT2D eigenvalue weighted by atomic mass is 10.1. The highest BCUT2D eigenvalue weighted by molar-refractivity contribution is 7.13. The number of anilines is 2. The SMILES string of the molecule is Cc1oc(-c2cccs2)nc1CNc1ccccc1N1CCCCC1. The first-order valence-electron chi connectivity index (χ1n) is 8.89. The third kappa shape index (κ3) is 3.56. The summed E-state index contributed by atoms with van der Waals surface area (Å²) in [5, 5.41) is 5.61. The van der Waals surface area contributed by atoms with Gasteiger partial charge in [-0.1, -0.05) is 18.2 Å². The molecule has 1 N–H and O–H groups in total. The van der Waals surface area contributed by atoms with E-state index in [1.165, 1.54) is 30.6 Å². The van der Waals surface area contributed by atoms with Gasteiger partial charge in [0, 0.05) is 13.1 Å². The maximum atomic E-state index is 5.84. The Labute approximate surface area is 152 Å². The zero-order chi connectivity index (χ0) is 17.1. The summed E-state index contributed by atoms with van der Waals surface area (Å²) < 4.78 is 5.84. The van der Waals surface area contributed by atoms with E-state index in [2.05, 4.69) is 39.5 Å². The van der Waals surface area contributed by atoms with Gasteiger partial charge in [-0.05, 0) is 49.8 Å². The Morgan fingerprint density at radius 2 is 1.96 bits per heavy atom. The van der Waals surface area contributed by atoms with E-state index in [0.717, 1.165) is 29.4 Å². The number of thiophene rings is 1. The lowest BCUT2D eigenvalue weighted by Gasteiger charge is -2.30. The molecule has 0 unspecified atom stereocenters. The Hall–Kier alpha value is -2.27. The highest BCUT2D eigenvalue weighted by atomic mass is 32.1. The minimum atomic E-state index is 0.672. The number of nitrogens with zero attached hydrogens (tertiary/aromatic N) is 2. The van der Waals surface area contributed by atoms with Gasteiger partial charge in [0.05, 0.1) is 22.8 Å². The summed E-state index contributed by atoms with van der Waals surface area (Å²) >= 11 is 1.65. The van der Waals surface area contributed by atoms with E-state index in [-0.39, 0.29) is 0 Å². The Morgan fingerprint density at radius 3 is 2.76 bits per heavy atom. The lowest BCUT2D eigenvalue weighted by molar-refractivity contribution is 0.541. The van der Waals surface area contributed by atoms with Gasteiger partial charge in [-0.3, -0.25) is 0 Å². The molecule has 0 atom stereocenters. The molecule has 0 radical (unpaired) electrons. The molecule has 130 valence electrons. The van der Waals surface area contributed by atoms with Crippen molar-refractivity contribution in [1.82, 2.24) is 4.98 Å². The van der Waals surface area contributed by atoms with Crippen molar-refractivity contribution >= 4 is 22.7 Å². The van der Waals surface area contributed by atoms with Crippen molar-refractivity contribution in [1.29, 1.82) is 0 Å². The topological polar surface area (TPSA) is 41.3 Å². The van der Waals surface area contributed by atoms with Crippen molar-refractivity contribution in [3.63, 3.8) is 0 Å². The summed E-state index contributed by atoms with van der Waals surface area (Å²) in [4.78, 5) is 8.23. The van der Waals surface area contributed by atoms with E-state index in [9.17, 15) is 0 Å². The first-order chi connectivity index (χ1) is 12.3. The number of hydrogen-bond donors (Lipinski definition) is 1. The number of rotatable bonds is 5. The molecule has 0 saturated carbocycles. The molecule has 1 saturated heterocycles. The lowest BCUT2D eigenvalue weighted by Crippen LogP contribution is -2.30. The predicted molar refractivity (Wildman–Crippen MR) is 104 cm³/mol. The van der Waals surface area contributed by atoms with Gasteiger partial charge in [0.2, 0.25) is 5.89 Å². The molecule has 4 nitrogen and oxygen atoms in total. The van der Waals surface area contributed by atoms with E-state index < -0.39 is 0 Å². The van der Waals surface area contributed by atoms with Gasteiger partial charge in [0.15, 0.2) is 0 Å². The molecule has 0 bridgehead atoms. The predicted octanol–water partition coefficient (Wildman–Crippen LogP) is 5.31. The molecular weight excluding hydrogens is 330 g/mol. The molecule has 4 rings (SSSR count). The largest absolute Gasteiger partial charge is 0.440 e. The molecule has 2 aromatic heterocycles. The zero-order valence-corrected chi connectivity index (χ0v) is 15.3. The summed E-state index contributed by atoms with van der Waals surface area (Å²) in [5.41, 5.74) is 3.43. The van der Waals surface area contributed by atoms with Crippen LogP contribution in [0.5, 0.6) is 0 Å². The number of nitrogens with one attached hydrogen (secondary N) is 1. The van der Waals surface area contributed by atoms with Gasteiger partial charge >= 0.3 is 0 Å². The quantitative estimate of drug-likeness (QED) is 0.674. The number of benzene rings is 1. The first-order valence-corrected chi connectivity index (χ1v) is 9.77. The highest BCUT2D eigenvalue weighted by Crippen LogP contribution is 2.30. The van der Waals surface area contributed by atoms with Crippen molar-refractivity contribution in [2.45, 2.75) is 32.7 Å². The fourth-order valence-electron chi connectivity index (χ4n) is 3.31. The van der Waals surface area contributed by atoms with E-state index in [4.69, 9.17) is 4.42 Å². The van der Waals surface area contributed by atoms with E-state index in [1.54, 1.807) is 11.3 Å². The number of hydrogen-bond acceptors (Lipinski definition) is 5. The smallest absolute Gasteiger partial charge is 0.236 e. The van der Waals surface area contributed by atoms with Gasteiger partial charge in [-0.15, -0.1) is 11.3 Å². The standard InChI is InChI=1S/C20H23N3OS/c1-15-17(22-20(24-15)19-10-7-13-25-19)14-21-16-8-3-4-9-18(16)23-11-5-2-6-12-23/h3-4,7-10,13,21H,2,5-6,11-12,14H2,1H3. The molecule has 25 heavy (non-hydrogen) atoms. The Balaban J connectivity index is 1.50. The van der Waals surface area contributed by atoms with Crippen LogP contribution in [0.2, 0.25) is 0 Å². The third-order valence-corrected chi connectivity index (χ3v) is 5.53. The van der Waals surface area contributed by atoms with Crippen LogP contribution in [0.4, 0.5) is 11.4 Å². The molecule has 1 aliphatic heterocycles. The molecule has 3 heterocycles. The van der Waals surface area contributed by atoms with E-state index >= 15 is 0 Å². The maximum absolute atomic E-state index is 5.84. The number of aromatic nitrogens is 1. The molecule has 3 aromatic rings. The van der Waals surface area contributed by atoms with Crippen LogP contribution < -0.4 is 10.2 Å². The van der Waals surface area contributed by atoms with Crippen LogP contribution in [0.1, 0.15) is 30.7 Å². The van der Waals surface area contributed by atoms with Gasteiger partial charge < -0.3 is 14.6 Å². The average Bonchev–Trinajstić information content (AvgIpc) is 3.31. The number of piperidine rings is 1. The van der Waals surface area contributed by atoms with Crippen molar-refractivity contribution in [2.24, 2.45) is 0 Å². The van der Waals surface area contributed by atoms with Gasteiger partial charge in [-0.2, -0.15) is 0 Å². The number of aryl methyl sites for hydroxylation is 1. The van der Waals surface area contributed by atoms with Gasteiger partial charge in [0.25, 0.3) is 0 Å². The molecule has 0 spiro atoms. The molecule has 0 amide bonds. The van der Waals surface area contributed by atoms with Crippen LogP contribution in [0.15, 0.2) is 46.2 Å². The Kier molecular flexibility index (Phi) is 4.74. The van der Waals surface area contributed by atoms with Gasteiger partial charge in [0.1, 0.15) is 11.5 Å². The molecule has 1 fully saturated rings. The Bertz CT molecular complexity index is 819. The monoisotopic (exact) mass is 353 g/mol. The van der Waals surface area contributed by atoms with Crippen molar-refractivity contribution in [3.8, 4) is 10.8 Å². The molecule has 1 aliphatic rings. The molecular formula is C20H23N3OS. The second kappa shape index (κ2) is 7.31. The van der Waals surface area contributed by atoms with Gasteiger partial charge in [-0.25, -0.2) is 4.98 Å². The van der Waals surface area contributed by atoms with Crippen LogP contribution in [0, 0.1) is 6.92 Å². The van der Waals surface area contributed by atoms with Crippen molar-refractivity contribution < 1.29 is 4.42 Å². The molecule has 5 heteroatoms. The molecule has 1 aromatic carbocycles. The zero-order valence-electron chi connectivity index (χ0n) is 14.5. The number of para-hydroxylation sites is 2. The fraction of sp³-hybridized carbons (Fsp3) is 0.350. The highest BCUT2D eigenvalue weighted by Gasteiger charge is 2.16. The van der Waals surface area contributed by atoms with Crippen molar-refractivity contribution in [2.75, 3.05) is 23.3 Å². The maximum Gasteiger partial charge on any atom is 0.236 e. The minimum Gasteiger partial charge on any atom is -0.440 e. The fourth-order valence-corrected chi connectivity index (χ4v) is 3.96. The second-order valence-corrected chi connectivity index (χ2v) is 7.37.